The van der Waals surface area contributed by atoms with Crippen LogP contribution < -0.4 is 11.2 Å². The molecule has 1 aromatic rings. The Morgan fingerprint density at radius 3 is 2.77 bits per heavy atom. The molecule has 0 amide bonds. The van der Waals surface area contributed by atoms with Crippen LogP contribution in [0.4, 0.5) is 5.82 Å². The summed E-state index contributed by atoms with van der Waals surface area (Å²) in [5.74, 6) is 0.973. The number of nitrogen functional groups attached to an aromatic ring is 1. The van der Waals surface area contributed by atoms with Gasteiger partial charge in [-0.1, -0.05) is 20.4 Å². The standard InChI is InChI=1S/C12H19N5O.C2H6.CH4O/c1-3-14-12-11(13)15-8-16-17(12)10-5-4-9(6-10)7-18-2;2*1-2/h3,8-10H,1,4-7H2,2H3,(H2,13,15,16);1-2H3;2H,1H3. The zero-order valence-electron chi connectivity index (χ0n) is 14.1. The Morgan fingerprint density at radius 2 is 2.18 bits per heavy atom. The fourth-order valence-corrected chi connectivity index (χ4v) is 2.51. The third kappa shape index (κ3) is 5.57. The number of nitrogens with zero attached hydrogens (tertiary/aromatic N) is 4. The summed E-state index contributed by atoms with van der Waals surface area (Å²) in [4.78, 5) is 8.13. The van der Waals surface area contributed by atoms with Gasteiger partial charge in [0, 0.05) is 27.0 Å². The second-order valence-corrected chi connectivity index (χ2v) is 4.51. The van der Waals surface area contributed by atoms with Gasteiger partial charge in [0.15, 0.2) is 11.3 Å². The van der Waals surface area contributed by atoms with Crippen molar-refractivity contribution < 1.29 is 9.84 Å². The maximum absolute atomic E-state index is 7.00. The monoisotopic (exact) mass is 311 g/mol. The molecule has 7 heteroatoms. The molecule has 1 aromatic heterocycles. The molecule has 1 fully saturated rings. The molecule has 1 aliphatic carbocycles. The lowest BCUT2D eigenvalue weighted by atomic mass is 10.1. The van der Waals surface area contributed by atoms with E-state index in [2.05, 4.69) is 21.7 Å². The number of nitrogens with two attached hydrogens (primary N) is 1. The molecule has 1 saturated carbocycles. The fourth-order valence-electron chi connectivity index (χ4n) is 2.51. The van der Waals surface area contributed by atoms with E-state index in [4.69, 9.17) is 15.6 Å². The normalized spacial score (nSPS) is 20.5. The molecular weight excluding hydrogens is 282 g/mol. The van der Waals surface area contributed by atoms with Crippen LogP contribution in [0.2, 0.25) is 0 Å². The van der Waals surface area contributed by atoms with Crippen molar-refractivity contribution in [2.24, 2.45) is 10.9 Å². The van der Waals surface area contributed by atoms with Gasteiger partial charge in [0.25, 0.3) is 0 Å². The molecule has 126 valence electrons. The van der Waals surface area contributed by atoms with E-state index in [1.165, 1.54) is 12.5 Å². The Bertz CT molecular complexity index is 487. The van der Waals surface area contributed by atoms with Crippen molar-refractivity contribution in [1.29, 1.82) is 0 Å². The van der Waals surface area contributed by atoms with Crippen molar-refractivity contribution in [3.05, 3.63) is 24.6 Å². The molecule has 7 nitrogen and oxygen atoms in total. The summed E-state index contributed by atoms with van der Waals surface area (Å²) in [6.07, 6.45) is 6.18. The van der Waals surface area contributed by atoms with Crippen molar-refractivity contribution in [3.8, 4) is 0 Å². The van der Waals surface area contributed by atoms with Gasteiger partial charge in [-0.2, -0.15) is 5.10 Å². The molecule has 3 N–H and O–H groups in total. The maximum Gasteiger partial charge on any atom is 0.192 e. The molecular formula is C15H29N5O2. The molecule has 22 heavy (non-hydrogen) atoms. The highest BCUT2D eigenvalue weighted by molar-refractivity contribution is 5.21. The van der Waals surface area contributed by atoms with Crippen LogP contribution in [0.15, 0.2) is 24.1 Å². The molecule has 2 atom stereocenters. The van der Waals surface area contributed by atoms with E-state index in [0.717, 1.165) is 33.0 Å². The first-order valence-electron chi connectivity index (χ1n) is 7.54. The van der Waals surface area contributed by atoms with E-state index >= 15 is 0 Å². The Labute approximate surface area is 132 Å². The van der Waals surface area contributed by atoms with Crippen molar-refractivity contribution in [3.63, 3.8) is 0 Å². The van der Waals surface area contributed by atoms with E-state index < -0.39 is 0 Å². The van der Waals surface area contributed by atoms with Gasteiger partial charge >= 0.3 is 0 Å². The predicted molar refractivity (Wildman–Crippen MR) is 87.9 cm³/mol. The summed E-state index contributed by atoms with van der Waals surface area (Å²) >= 11 is 0. The number of ether oxygens (including phenoxy) is 1. The van der Waals surface area contributed by atoms with Crippen LogP contribution in [-0.4, -0.2) is 40.7 Å². The van der Waals surface area contributed by atoms with Gasteiger partial charge < -0.3 is 15.6 Å². The van der Waals surface area contributed by atoms with Crippen LogP contribution in [0.3, 0.4) is 0 Å². The first-order valence-corrected chi connectivity index (χ1v) is 7.54. The number of methoxy groups -OCH3 is 1. The lowest BCUT2D eigenvalue weighted by Crippen LogP contribution is -2.30. The second-order valence-electron chi connectivity index (χ2n) is 4.51. The lowest BCUT2D eigenvalue weighted by molar-refractivity contribution is 0.152. The molecule has 1 aliphatic rings. The third-order valence-electron chi connectivity index (χ3n) is 3.29. The quantitative estimate of drug-likeness (QED) is 0.878. The highest BCUT2D eigenvalue weighted by Gasteiger charge is 2.27. The van der Waals surface area contributed by atoms with E-state index in [9.17, 15) is 0 Å². The lowest BCUT2D eigenvalue weighted by Gasteiger charge is -2.14. The highest BCUT2D eigenvalue weighted by atomic mass is 16.5. The minimum absolute atomic E-state index is 0.314. The third-order valence-corrected chi connectivity index (χ3v) is 3.29. The molecule has 2 unspecified atom stereocenters. The number of anilines is 1. The molecule has 0 aromatic carbocycles. The number of hydrogen-bond acceptors (Lipinski definition) is 6. The van der Waals surface area contributed by atoms with Gasteiger partial charge in [0.05, 0.1) is 6.04 Å². The van der Waals surface area contributed by atoms with Crippen molar-refractivity contribution >= 4 is 5.82 Å². The van der Waals surface area contributed by atoms with E-state index in [1.54, 1.807) is 7.11 Å². The number of aromatic nitrogens is 3. The average Bonchev–Trinajstić information content (AvgIpc) is 3.02. The highest BCUT2D eigenvalue weighted by Crippen LogP contribution is 2.33. The Balaban J connectivity index is 0.00000102. The molecule has 0 aliphatic heterocycles. The molecule has 0 saturated heterocycles. The smallest absolute Gasteiger partial charge is 0.192 e. The van der Waals surface area contributed by atoms with Gasteiger partial charge in [-0.05, 0) is 25.2 Å². The number of hydrogen-bond donors (Lipinski definition) is 2. The van der Waals surface area contributed by atoms with Crippen molar-refractivity contribution in [2.45, 2.75) is 39.2 Å². The first kappa shape index (κ1) is 20.3. The molecule has 0 radical (unpaired) electrons. The first-order chi connectivity index (χ1) is 10.8. The Morgan fingerprint density at radius 1 is 1.50 bits per heavy atom. The summed E-state index contributed by atoms with van der Waals surface area (Å²) < 4.78 is 7.07. The molecule has 1 heterocycles. The van der Waals surface area contributed by atoms with Crippen LogP contribution in [0.1, 0.15) is 39.2 Å². The van der Waals surface area contributed by atoms with Crippen LogP contribution >= 0.6 is 0 Å². The van der Waals surface area contributed by atoms with E-state index in [-0.39, 0.29) is 0 Å². The van der Waals surface area contributed by atoms with Gasteiger partial charge in [0.1, 0.15) is 6.33 Å². The second kappa shape index (κ2) is 11.9. The predicted octanol–water partition coefficient (Wildman–Crippen LogP) is 1.53. The van der Waals surface area contributed by atoms with Gasteiger partial charge in [-0.3, -0.25) is 0 Å². The molecule has 0 spiro atoms. The number of rotatable bonds is 4. The van der Waals surface area contributed by atoms with Crippen LogP contribution in [0.5, 0.6) is 0 Å². The SMILES string of the molecule is C=CN=c1c(N)ncnn1C1CCC(COC)C1.CC.CO. The van der Waals surface area contributed by atoms with Gasteiger partial charge in [-0.15, -0.1) is 0 Å². The summed E-state index contributed by atoms with van der Waals surface area (Å²) in [7, 11) is 2.74. The minimum atomic E-state index is 0.314. The zero-order chi connectivity index (χ0) is 17.0. The van der Waals surface area contributed by atoms with Crippen LogP contribution in [0, 0.1) is 5.92 Å². The topological polar surface area (TPSA) is 98.6 Å². The van der Waals surface area contributed by atoms with Crippen LogP contribution in [-0.2, 0) is 4.74 Å². The minimum Gasteiger partial charge on any atom is -0.400 e. The largest absolute Gasteiger partial charge is 0.400 e. The average molecular weight is 311 g/mol. The van der Waals surface area contributed by atoms with Crippen LogP contribution in [0.25, 0.3) is 0 Å². The Hall–Kier alpha value is -1.73. The molecule has 2 rings (SSSR count). The van der Waals surface area contributed by atoms with E-state index in [0.29, 0.717) is 23.3 Å². The zero-order valence-corrected chi connectivity index (χ0v) is 14.1. The molecule has 0 bridgehead atoms. The summed E-state index contributed by atoms with van der Waals surface area (Å²) in [5, 5.41) is 11.3. The fraction of sp³-hybridized carbons (Fsp3) is 0.667. The number of aliphatic hydroxyl groups is 1. The van der Waals surface area contributed by atoms with Gasteiger partial charge in [0.2, 0.25) is 0 Å². The summed E-state index contributed by atoms with van der Waals surface area (Å²) in [6, 6.07) is 0.314. The van der Waals surface area contributed by atoms with Gasteiger partial charge in [-0.25, -0.2) is 14.7 Å². The maximum atomic E-state index is 7.00. The number of aliphatic hydroxyl groups excluding tert-OH is 1. The summed E-state index contributed by atoms with van der Waals surface area (Å²) in [6.45, 7) is 8.40. The van der Waals surface area contributed by atoms with E-state index in [1.807, 2.05) is 18.5 Å². The Kier molecular flexibility index (Phi) is 10.9. The van der Waals surface area contributed by atoms with Crippen molar-refractivity contribution in [2.75, 3.05) is 26.6 Å². The van der Waals surface area contributed by atoms with Crippen molar-refractivity contribution in [1.82, 2.24) is 14.8 Å². The summed E-state index contributed by atoms with van der Waals surface area (Å²) in [5.41, 5.74) is 6.42.